The molecule has 1 aliphatic rings. The molecule has 0 radical (unpaired) electrons. The Balaban J connectivity index is 2.66. The van der Waals surface area contributed by atoms with Gasteiger partial charge in [0.05, 0.1) is 0 Å². The molecule has 0 unspecified atom stereocenters. The van der Waals surface area contributed by atoms with E-state index in [9.17, 15) is 0 Å². The molecule has 0 N–H and O–H groups in total. The maximum Gasteiger partial charge on any atom is 0.737 e. The summed E-state index contributed by atoms with van der Waals surface area (Å²) in [7, 11) is 0. The maximum absolute atomic E-state index is 18.1. The normalized spacial score (nSPS) is 16.6. The number of rotatable bonds is 6. The lowest BCUT2D eigenvalue weighted by atomic mass is 9.72. The molecular formula is C35H53BF2N2. The first-order valence-corrected chi connectivity index (χ1v) is 15.2. The third-order valence-corrected chi connectivity index (χ3v) is 8.12. The molecule has 0 fully saturated rings. The van der Waals surface area contributed by atoms with E-state index in [0.717, 1.165) is 22.3 Å². The third-order valence-electron chi connectivity index (χ3n) is 8.12. The quantitative estimate of drug-likeness (QED) is 0.324. The summed E-state index contributed by atoms with van der Waals surface area (Å²) < 4.78 is 37.6. The maximum atomic E-state index is 18.1. The van der Waals surface area contributed by atoms with Crippen molar-refractivity contribution in [1.29, 1.82) is 0 Å². The highest BCUT2D eigenvalue weighted by Gasteiger charge is 2.58. The SMILES string of the molecule is CC(C)c1cccc(C(C)C)c1N1C(C(C)(C)C)=CC(C(C)(C)C)=[N+](c2c(C(C)C)cccc2C(C)C)[B-]1(F)F. The predicted octanol–water partition coefficient (Wildman–Crippen LogP) is 11.1. The molecule has 40 heavy (non-hydrogen) atoms. The van der Waals surface area contributed by atoms with Crippen LogP contribution in [0.3, 0.4) is 0 Å². The number of anilines is 1. The lowest BCUT2D eigenvalue weighted by Gasteiger charge is -2.49. The largest absolute Gasteiger partial charge is 0.737 e. The van der Waals surface area contributed by atoms with Crippen LogP contribution in [-0.4, -0.2) is 17.2 Å². The van der Waals surface area contributed by atoms with Gasteiger partial charge in [0.25, 0.3) is 0 Å². The lowest BCUT2D eigenvalue weighted by molar-refractivity contribution is -0.334. The van der Waals surface area contributed by atoms with Crippen LogP contribution in [0.1, 0.15) is 143 Å². The minimum atomic E-state index is -4.29. The van der Waals surface area contributed by atoms with Crippen molar-refractivity contribution in [3.05, 3.63) is 70.4 Å². The van der Waals surface area contributed by atoms with Gasteiger partial charge < -0.3 is 17.9 Å². The van der Waals surface area contributed by atoms with E-state index >= 15 is 8.63 Å². The average molecular weight is 551 g/mol. The second kappa shape index (κ2) is 11.1. The van der Waals surface area contributed by atoms with E-state index in [0.29, 0.717) is 22.8 Å². The number of benzene rings is 2. The second-order valence-corrected chi connectivity index (χ2v) is 14.9. The minimum Gasteiger partial charge on any atom is -0.393 e. The van der Waals surface area contributed by atoms with E-state index < -0.39 is 17.8 Å². The number of nitrogens with zero attached hydrogens (tertiary/aromatic N) is 2. The molecule has 0 saturated carbocycles. The number of allylic oxidation sites excluding steroid dienone is 2. The van der Waals surface area contributed by atoms with Gasteiger partial charge in [-0.05, 0) is 45.9 Å². The Morgan fingerprint density at radius 3 is 1.32 bits per heavy atom. The molecule has 0 aromatic heterocycles. The summed E-state index contributed by atoms with van der Waals surface area (Å²) in [5, 5.41) is 0. The molecule has 5 heteroatoms. The molecule has 0 saturated heterocycles. The van der Waals surface area contributed by atoms with E-state index in [1.807, 2.05) is 36.4 Å². The van der Waals surface area contributed by atoms with Crippen molar-refractivity contribution in [3.8, 4) is 0 Å². The predicted molar refractivity (Wildman–Crippen MR) is 172 cm³/mol. The van der Waals surface area contributed by atoms with Gasteiger partial charge in [0.2, 0.25) is 0 Å². The van der Waals surface area contributed by atoms with Crippen LogP contribution in [0, 0.1) is 10.8 Å². The molecule has 2 nitrogen and oxygen atoms in total. The van der Waals surface area contributed by atoms with E-state index in [1.165, 1.54) is 9.30 Å². The van der Waals surface area contributed by atoms with Crippen LogP contribution in [0.5, 0.6) is 0 Å². The van der Waals surface area contributed by atoms with E-state index in [1.54, 1.807) is 0 Å². The molecule has 0 spiro atoms. The van der Waals surface area contributed by atoms with Gasteiger partial charge in [0, 0.05) is 28.3 Å². The van der Waals surface area contributed by atoms with Crippen molar-refractivity contribution < 1.29 is 13.1 Å². The van der Waals surface area contributed by atoms with E-state index in [-0.39, 0.29) is 23.7 Å². The van der Waals surface area contributed by atoms with Crippen LogP contribution in [0.2, 0.25) is 0 Å². The molecule has 3 rings (SSSR count). The van der Waals surface area contributed by atoms with Crippen LogP contribution >= 0.6 is 0 Å². The van der Waals surface area contributed by atoms with Crippen molar-refractivity contribution in [2.75, 3.05) is 4.81 Å². The highest BCUT2D eigenvalue weighted by atomic mass is 19.2. The van der Waals surface area contributed by atoms with Crippen molar-refractivity contribution >= 4 is 24.1 Å². The highest BCUT2D eigenvalue weighted by molar-refractivity contribution is 6.65. The zero-order valence-corrected chi connectivity index (χ0v) is 27.6. The average Bonchev–Trinajstić information content (AvgIpc) is 2.80. The Bertz CT molecular complexity index is 1250. The fraction of sp³-hybridized carbons (Fsp3) is 0.571. The molecule has 0 bridgehead atoms. The Morgan fingerprint density at radius 1 is 0.625 bits per heavy atom. The van der Waals surface area contributed by atoms with Gasteiger partial charge in [0.15, 0.2) is 5.69 Å². The van der Waals surface area contributed by atoms with Crippen LogP contribution in [0.25, 0.3) is 0 Å². The number of hydrogen-bond acceptors (Lipinski definition) is 1. The number of halogens is 2. The van der Waals surface area contributed by atoms with Gasteiger partial charge in [-0.1, -0.05) is 133 Å². The summed E-state index contributed by atoms with van der Waals surface area (Å²) in [6, 6.07) is 12.2. The van der Waals surface area contributed by atoms with Crippen molar-refractivity contribution in [1.82, 2.24) is 0 Å². The van der Waals surface area contributed by atoms with Crippen molar-refractivity contribution in [2.45, 2.75) is 121 Å². The van der Waals surface area contributed by atoms with Crippen LogP contribution in [0.15, 0.2) is 48.2 Å². The zero-order chi connectivity index (χ0) is 30.5. The molecule has 0 aliphatic carbocycles. The number of para-hydroxylation sites is 2. The second-order valence-electron chi connectivity index (χ2n) is 14.9. The molecule has 220 valence electrons. The molecular weight excluding hydrogens is 497 g/mol. The Morgan fingerprint density at radius 2 is 1.00 bits per heavy atom. The molecule has 0 atom stereocenters. The lowest BCUT2D eigenvalue weighted by Crippen LogP contribution is -2.62. The zero-order valence-electron chi connectivity index (χ0n) is 27.6. The van der Waals surface area contributed by atoms with Gasteiger partial charge in [-0.3, -0.25) is 0 Å². The van der Waals surface area contributed by atoms with Crippen molar-refractivity contribution in [2.24, 2.45) is 10.8 Å². The van der Waals surface area contributed by atoms with Crippen molar-refractivity contribution in [3.63, 3.8) is 0 Å². The van der Waals surface area contributed by atoms with Crippen LogP contribution < -0.4 is 4.81 Å². The fourth-order valence-corrected chi connectivity index (χ4v) is 6.01. The summed E-state index contributed by atoms with van der Waals surface area (Å²) in [5.74, 6) is 0.378. The Hall–Kier alpha value is -2.43. The summed E-state index contributed by atoms with van der Waals surface area (Å²) in [6.07, 6.45) is 2.08. The minimum absolute atomic E-state index is 0.0946. The molecule has 2 aromatic carbocycles. The summed E-state index contributed by atoms with van der Waals surface area (Å²) in [5.41, 5.74) is 5.51. The third kappa shape index (κ3) is 5.81. The number of hydrogen-bond donors (Lipinski definition) is 0. The molecule has 1 aliphatic heterocycles. The topological polar surface area (TPSA) is 6.25 Å². The molecule has 2 aromatic rings. The van der Waals surface area contributed by atoms with E-state index in [2.05, 4.69) is 103 Å². The highest BCUT2D eigenvalue weighted by Crippen LogP contribution is 2.49. The van der Waals surface area contributed by atoms with Gasteiger partial charge >= 0.3 is 6.97 Å². The van der Waals surface area contributed by atoms with Gasteiger partial charge in [-0.25, -0.2) is 0 Å². The van der Waals surface area contributed by atoms with Crippen LogP contribution in [0.4, 0.5) is 20.0 Å². The van der Waals surface area contributed by atoms with Gasteiger partial charge in [0.1, 0.15) is 5.71 Å². The summed E-state index contributed by atoms with van der Waals surface area (Å²) in [4.78, 5) is 1.46. The monoisotopic (exact) mass is 550 g/mol. The smallest absolute Gasteiger partial charge is 0.393 e. The first kappa shape index (κ1) is 32.1. The van der Waals surface area contributed by atoms with E-state index in [4.69, 9.17) is 0 Å². The van der Waals surface area contributed by atoms with Crippen LogP contribution in [-0.2, 0) is 0 Å². The summed E-state index contributed by atoms with van der Waals surface area (Å²) >= 11 is 0. The molecule has 1 heterocycles. The fourth-order valence-electron chi connectivity index (χ4n) is 6.01. The standard InChI is InChI=1S/C35H53BF2N2/c1-22(2)26-17-15-18-27(23(3)4)32(26)39-30(34(9,10)11)21-31(35(12,13)14)40(36(39,37)38)33-28(24(5)6)19-16-20-29(33)25(7)8/h15-25H,1-14H3. The van der Waals surface area contributed by atoms with Gasteiger partial charge in [-0.2, -0.15) is 0 Å². The summed E-state index contributed by atoms with van der Waals surface area (Å²) in [6.45, 7) is 24.9. The Kier molecular flexibility index (Phi) is 8.91. The first-order chi connectivity index (χ1) is 18.2. The molecule has 0 amide bonds. The van der Waals surface area contributed by atoms with Gasteiger partial charge in [-0.15, -0.1) is 0 Å². The first-order valence-electron chi connectivity index (χ1n) is 15.2. The Labute approximate surface area is 243 Å².